The standard InChI is InChI=1S/C22H26N2O5/c1-15-10-12-23(13-11-15)22(25)16(2)29-21-9-6-18(24(26)27)14-20(21)17-4-7-19(28-3)8-5-17/h4-9,14-16H,10-13H2,1-3H3/t16-/m0/s1. The summed E-state index contributed by atoms with van der Waals surface area (Å²) in [5.41, 5.74) is 1.27. The van der Waals surface area contributed by atoms with Crippen molar-refractivity contribution in [2.75, 3.05) is 20.2 Å². The third-order valence-corrected chi connectivity index (χ3v) is 5.32. The van der Waals surface area contributed by atoms with Gasteiger partial charge in [0.15, 0.2) is 6.10 Å². The summed E-state index contributed by atoms with van der Waals surface area (Å²) in [4.78, 5) is 25.4. The quantitative estimate of drug-likeness (QED) is 0.535. The number of ether oxygens (including phenoxy) is 2. The Balaban J connectivity index is 1.85. The summed E-state index contributed by atoms with van der Waals surface area (Å²) in [5, 5.41) is 11.2. The lowest BCUT2D eigenvalue weighted by Crippen LogP contribution is -2.44. The molecule has 29 heavy (non-hydrogen) atoms. The van der Waals surface area contributed by atoms with Crippen LogP contribution in [0.3, 0.4) is 0 Å². The fraction of sp³-hybridized carbons (Fsp3) is 0.409. The number of rotatable bonds is 6. The lowest BCUT2D eigenvalue weighted by molar-refractivity contribution is -0.384. The Kier molecular flexibility index (Phi) is 6.36. The Bertz CT molecular complexity index is 873. The van der Waals surface area contributed by atoms with Crippen LogP contribution in [0, 0.1) is 16.0 Å². The third kappa shape index (κ3) is 4.85. The van der Waals surface area contributed by atoms with E-state index in [1.54, 1.807) is 32.2 Å². The molecular weight excluding hydrogens is 372 g/mol. The van der Waals surface area contributed by atoms with Crippen molar-refractivity contribution < 1.29 is 19.2 Å². The molecule has 0 spiro atoms. The molecule has 0 N–H and O–H groups in total. The van der Waals surface area contributed by atoms with E-state index in [4.69, 9.17) is 9.47 Å². The highest BCUT2D eigenvalue weighted by molar-refractivity contribution is 5.82. The lowest BCUT2D eigenvalue weighted by Gasteiger charge is -2.32. The number of non-ortho nitro benzene ring substituents is 1. The Morgan fingerprint density at radius 2 is 1.83 bits per heavy atom. The molecule has 0 unspecified atom stereocenters. The molecule has 1 atom stereocenters. The molecule has 1 amide bonds. The second kappa shape index (κ2) is 8.94. The van der Waals surface area contributed by atoms with Crippen molar-refractivity contribution in [3.8, 4) is 22.6 Å². The number of likely N-dealkylation sites (tertiary alicyclic amines) is 1. The Morgan fingerprint density at radius 3 is 2.41 bits per heavy atom. The summed E-state index contributed by atoms with van der Waals surface area (Å²) in [5.74, 6) is 1.69. The molecular formula is C22H26N2O5. The smallest absolute Gasteiger partial charge is 0.270 e. The lowest BCUT2D eigenvalue weighted by atomic mass is 9.99. The van der Waals surface area contributed by atoms with Gasteiger partial charge in [0.2, 0.25) is 0 Å². The van der Waals surface area contributed by atoms with Gasteiger partial charge in [-0.05, 0) is 49.4 Å². The van der Waals surface area contributed by atoms with E-state index >= 15 is 0 Å². The van der Waals surface area contributed by atoms with Gasteiger partial charge in [0, 0.05) is 30.8 Å². The number of hydrogen-bond acceptors (Lipinski definition) is 5. The average molecular weight is 398 g/mol. The largest absolute Gasteiger partial charge is 0.497 e. The maximum atomic E-state index is 12.8. The van der Waals surface area contributed by atoms with Crippen LogP contribution < -0.4 is 9.47 Å². The Hall–Kier alpha value is -3.09. The zero-order valence-electron chi connectivity index (χ0n) is 17.0. The van der Waals surface area contributed by atoms with Crippen LogP contribution in [0.1, 0.15) is 26.7 Å². The molecule has 1 heterocycles. The van der Waals surface area contributed by atoms with Gasteiger partial charge in [-0.3, -0.25) is 14.9 Å². The second-order valence-electron chi connectivity index (χ2n) is 7.43. The van der Waals surface area contributed by atoms with Crippen molar-refractivity contribution in [3.05, 3.63) is 52.6 Å². The van der Waals surface area contributed by atoms with E-state index in [2.05, 4.69) is 6.92 Å². The van der Waals surface area contributed by atoms with E-state index in [0.717, 1.165) is 31.5 Å². The molecule has 0 aliphatic carbocycles. The Labute approximate surface area is 170 Å². The van der Waals surface area contributed by atoms with Gasteiger partial charge in [0.05, 0.1) is 12.0 Å². The second-order valence-corrected chi connectivity index (χ2v) is 7.43. The Morgan fingerprint density at radius 1 is 1.17 bits per heavy atom. The summed E-state index contributed by atoms with van der Waals surface area (Å²) in [6.07, 6.45) is 1.31. The van der Waals surface area contributed by atoms with Crippen LogP contribution in [0.25, 0.3) is 11.1 Å². The van der Waals surface area contributed by atoms with Crippen LogP contribution in [0.15, 0.2) is 42.5 Å². The maximum absolute atomic E-state index is 12.8. The van der Waals surface area contributed by atoms with Crippen molar-refractivity contribution in [1.82, 2.24) is 4.90 Å². The van der Waals surface area contributed by atoms with Gasteiger partial charge in [-0.15, -0.1) is 0 Å². The minimum atomic E-state index is -0.679. The van der Waals surface area contributed by atoms with Crippen molar-refractivity contribution in [3.63, 3.8) is 0 Å². The van der Waals surface area contributed by atoms with Gasteiger partial charge in [-0.1, -0.05) is 19.1 Å². The van der Waals surface area contributed by atoms with Crippen molar-refractivity contribution in [1.29, 1.82) is 0 Å². The van der Waals surface area contributed by atoms with Crippen LogP contribution in [0.5, 0.6) is 11.5 Å². The van der Waals surface area contributed by atoms with Gasteiger partial charge in [-0.2, -0.15) is 0 Å². The normalized spacial score (nSPS) is 15.6. The predicted molar refractivity (Wildman–Crippen MR) is 110 cm³/mol. The fourth-order valence-electron chi connectivity index (χ4n) is 3.46. The topological polar surface area (TPSA) is 81.9 Å². The molecule has 0 radical (unpaired) electrons. The molecule has 1 aliphatic heterocycles. The average Bonchev–Trinajstić information content (AvgIpc) is 2.74. The molecule has 0 saturated carbocycles. The van der Waals surface area contributed by atoms with E-state index in [1.165, 1.54) is 12.1 Å². The van der Waals surface area contributed by atoms with Gasteiger partial charge in [0.1, 0.15) is 11.5 Å². The van der Waals surface area contributed by atoms with Gasteiger partial charge in [0.25, 0.3) is 11.6 Å². The number of nitrogens with zero attached hydrogens (tertiary/aromatic N) is 2. The van der Waals surface area contributed by atoms with Gasteiger partial charge < -0.3 is 14.4 Å². The molecule has 0 aromatic heterocycles. The van der Waals surface area contributed by atoms with Crippen molar-refractivity contribution in [2.24, 2.45) is 5.92 Å². The zero-order valence-corrected chi connectivity index (χ0v) is 17.0. The molecule has 7 nitrogen and oxygen atoms in total. The molecule has 2 aromatic rings. The number of amides is 1. The van der Waals surface area contributed by atoms with E-state index in [1.807, 2.05) is 17.0 Å². The van der Waals surface area contributed by atoms with Crippen molar-refractivity contribution in [2.45, 2.75) is 32.8 Å². The number of methoxy groups -OCH3 is 1. The highest BCUT2D eigenvalue weighted by Crippen LogP contribution is 2.35. The minimum absolute atomic E-state index is 0.0350. The highest BCUT2D eigenvalue weighted by atomic mass is 16.6. The van der Waals surface area contributed by atoms with Gasteiger partial charge in [-0.25, -0.2) is 0 Å². The number of benzene rings is 2. The molecule has 2 aromatic carbocycles. The first kappa shape index (κ1) is 20.6. The first-order valence-corrected chi connectivity index (χ1v) is 9.77. The molecule has 1 aliphatic rings. The van der Waals surface area contributed by atoms with Crippen LogP contribution >= 0.6 is 0 Å². The molecule has 3 rings (SSSR count). The number of carbonyl (C=O) groups is 1. The number of hydrogen-bond donors (Lipinski definition) is 0. The highest BCUT2D eigenvalue weighted by Gasteiger charge is 2.26. The van der Waals surface area contributed by atoms with E-state index < -0.39 is 11.0 Å². The summed E-state index contributed by atoms with van der Waals surface area (Å²) >= 11 is 0. The third-order valence-electron chi connectivity index (χ3n) is 5.32. The molecule has 0 bridgehead atoms. The van der Waals surface area contributed by atoms with Crippen LogP contribution in [-0.2, 0) is 4.79 Å². The molecule has 154 valence electrons. The molecule has 7 heteroatoms. The SMILES string of the molecule is COc1ccc(-c2cc([N+](=O)[O-])ccc2O[C@@H](C)C(=O)N2CCC(C)CC2)cc1. The van der Waals surface area contributed by atoms with Crippen molar-refractivity contribution >= 4 is 11.6 Å². The van der Waals surface area contributed by atoms with E-state index in [0.29, 0.717) is 23.0 Å². The fourth-order valence-corrected chi connectivity index (χ4v) is 3.46. The predicted octanol–water partition coefficient (Wildman–Crippen LogP) is 4.30. The monoisotopic (exact) mass is 398 g/mol. The summed E-state index contributed by atoms with van der Waals surface area (Å²) in [7, 11) is 1.57. The summed E-state index contributed by atoms with van der Waals surface area (Å²) in [6, 6.07) is 11.6. The van der Waals surface area contributed by atoms with Gasteiger partial charge >= 0.3 is 0 Å². The zero-order chi connectivity index (χ0) is 21.0. The maximum Gasteiger partial charge on any atom is 0.270 e. The number of piperidine rings is 1. The number of nitro groups is 1. The van der Waals surface area contributed by atoms with E-state index in [9.17, 15) is 14.9 Å². The van der Waals surface area contributed by atoms with Crippen LogP contribution in [0.4, 0.5) is 5.69 Å². The molecule has 1 fully saturated rings. The first-order valence-electron chi connectivity index (χ1n) is 9.77. The minimum Gasteiger partial charge on any atom is -0.497 e. The molecule has 1 saturated heterocycles. The van der Waals surface area contributed by atoms with Crippen LogP contribution in [0.2, 0.25) is 0 Å². The number of carbonyl (C=O) groups excluding carboxylic acids is 1. The summed E-state index contributed by atoms with van der Waals surface area (Å²) < 4.78 is 11.2. The summed E-state index contributed by atoms with van der Waals surface area (Å²) in [6.45, 7) is 5.39. The van der Waals surface area contributed by atoms with E-state index in [-0.39, 0.29) is 11.6 Å². The first-order chi connectivity index (χ1) is 13.9. The van der Waals surface area contributed by atoms with Crippen LogP contribution in [-0.4, -0.2) is 42.0 Å². The number of nitro benzene ring substituents is 1.